The Labute approximate surface area is 99.0 Å². The van der Waals surface area contributed by atoms with Gasteiger partial charge in [0.1, 0.15) is 5.75 Å². The van der Waals surface area contributed by atoms with Gasteiger partial charge in [-0.1, -0.05) is 24.6 Å². The van der Waals surface area contributed by atoms with Crippen molar-refractivity contribution in [2.24, 2.45) is 0 Å². The lowest BCUT2D eigenvalue weighted by molar-refractivity contribution is 0.112. The number of carbonyl (C=O) groups excluding carboxylic acids is 1. The highest BCUT2D eigenvalue weighted by Crippen LogP contribution is 2.24. The Kier molecular flexibility index (Phi) is 5.58. The van der Waals surface area contributed by atoms with Gasteiger partial charge in [-0.15, -0.1) is 0 Å². The van der Waals surface area contributed by atoms with Crippen LogP contribution in [0.2, 0.25) is 5.02 Å². The first-order valence-corrected chi connectivity index (χ1v) is 6.27. The van der Waals surface area contributed by atoms with E-state index in [4.69, 9.17) is 16.3 Å². The van der Waals surface area contributed by atoms with E-state index in [-0.39, 0.29) is 0 Å². The zero-order valence-corrected chi connectivity index (χ0v) is 10.1. The highest BCUT2D eigenvalue weighted by atomic mass is 35.5. The molecule has 0 unspecified atom stereocenters. The third kappa shape index (κ3) is 3.76. The molecule has 0 saturated heterocycles. The maximum absolute atomic E-state index is 10.8. The van der Waals surface area contributed by atoms with Crippen LogP contribution in [0.3, 0.4) is 0 Å². The molecule has 0 aliphatic rings. The molecular weight excluding hydrogens is 232 g/mol. The summed E-state index contributed by atoms with van der Waals surface area (Å²) in [6.07, 6.45) is 0.727. The second-order valence-electron chi connectivity index (χ2n) is 2.81. The monoisotopic (exact) mass is 244 g/mol. The van der Waals surface area contributed by atoms with Crippen molar-refractivity contribution < 1.29 is 9.53 Å². The molecule has 0 radical (unpaired) electrons. The lowest BCUT2D eigenvalue weighted by Gasteiger charge is -2.08. The molecule has 0 atom stereocenters. The van der Waals surface area contributed by atoms with Crippen molar-refractivity contribution in [2.45, 2.75) is 6.92 Å². The van der Waals surface area contributed by atoms with Crippen LogP contribution in [-0.4, -0.2) is 24.4 Å². The van der Waals surface area contributed by atoms with Crippen molar-refractivity contribution in [3.05, 3.63) is 28.8 Å². The highest BCUT2D eigenvalue weighted by molar-refractivity contribution is 7.99. The molecular formula is C11H13ClO2S. The maximum atomic E-state index is 10.8. The molecule has 15 heavy (non-hydrogen) atoms. The lowest BCUT2D eigenvalue weighted by Crippen LogP contribution is -2.02. The minimum Gasteiger partial charge on any atom is -0.492 e. The Morgan fingerprint density at radius 3 is 3.00 bits per heavy atom. The molecule has 0 aliphatic carbocycles. The van der Waals surface area contributed by atoms with Gasteiger partial charge < -0.3 is 4.74 Å². The van der Waals surface area contributed by atoms with Crippen LogP contribution in [0, 0.1) is 0 Å². The number of aldehydes is 1. The molecule has 0 aromatic heterocycles. The first-order valence-electron chi connectivity index (χ1n) is 4.73. The van der Waals surface area contributed by atoms with E-state index in [2.05, 4.69) is 6.92 Å². The Hall–Kier alpha value is -0.670. The smallest absolute Gasteiger partial charge is 0.155 e. The van der Waals surface area contributed by atoms with Crippen molar-refractivity contribution in [1.29, 1.82) is 0 Å². The largest absolute Gasteiger partial charge is 0.492 e. The second-order valence-corrected chi connectivity index (χ2v) is 4.62. The van der Waals surface area contributed by atoms with E-state index in [1.807, 2.05) is 0 Å². The topological polar surface area (TPSA) is 26.3 Å². The molecule has 0 amide bonds. The zero-order chi connectivity index (χ0) is 11.1. The Morgan fingerprint density at radius 1 is 1.53 bits per heavy atom. The molecule has 4 heteroatoms. The zero-order valence-electron chi connectivity index (χ0n) is 8.53. The predicted octanol–water partition coefficient (Wildman–Crippen LogP) is 3.28. The maximum Gasteiger partial charge on any atom is 0.155 e. The van der Waals surface area contributed by atoms with Crippen molar-refractivity contribution in [3.8, 4) is 5.75 Å². The minimum absolute atomic E-state index is 0.431. The van der Waals surface area contributed by atoms with Crippen molar-refractivity contribution in [3.63, 3.8) is 0 Å². The molecule has 0 aliphatic heterocycles. The molecule has 0 spiro atoms. The summed E-state index contributed by atoms with van der Waals surface area (Å²) in [6, 6.07) is 5.21. The van der Waals surface area contributed by atoms with Gasteiger partial charge in [-0.3, -0.25) is 4.79 Å². The summed E-state index contributed by atoms with van der Waals surface area (Å²) in [5.74, 6) is 2.55. The van der Waals surface area contributed by atoms with Gasteiger partial charge in [0.15, 0.2) is 6.29 Å². The number of rotatable bonds is 6. The van der Waals surface area contributed by atoms with E-state index in [0.29, 0.717) is 22.9 Å². The quantitative estimate of drug-likeness (QED) is 0.568. The van der Waals surface area contributed by atoms with Crippen LogP contribution in [0.25, 0.3) is 0 Å². The number of hydrogen-bond acceptors (Lipinski definition) is 3. The van der Waals surface area contributed by atoms with Crippen molar-refractivity contribution >= 4 is 29.6 Å². The summed E-state index contributed by atoms with van der Waals surface area (Å²) in [4.78, 5) is 10.8. The number of halogens is 1. The lowest BCUT2D eigenvalue weighted by atomic mass is 10.2. The SMILES string of the molecule is CCSCCOc1cccc(Cl)c1C=O. The van der Waals surface area contributed by atoms with Gasteiger partial charge in [-0.05, 0) is 17.9 Å². The average Bonchev–Trinajstić information content (AvgIpc) is 2.24. The van der Waals surface area contributed by atoms with Gasteiger partial charge in [0.05, 0.1) is 17.2 Å². The van der Waals surface area contributed by atoms with Crippen LogP contribution in [0.15, 0.2) is 18.2 Å². The molecule has 0 N–H and O–H groups in total. The van der Waals surface area contributed by atoms with Crippen LogP contribution in [-0.2, 0) is 0 Å². The molecule has 0 heterocycles. The number of thioether (sulfide) groups is 1. The van der Waals surface area contributed by atoms with Gasteiger partial charge in [0, 0.05) is 5.75 Å². The van der Waals surface area contributed by atoms with Crippen LogP contribution < -0.4 is 4.74 Å². The van der Waals surface area contributed by atoms with Crippen LogP contribution in [0.4, 0.5) is 0 Å². The fourth-order valence-electron chi connectivity index (χ4n) is 1.11. The Morgan fingerprint density at radius 2 is 2.33 bits per heavy atom. The number of benzene rings is 1. The highest BCUT2D eigenvalue weighted by Gasteiger charge is 2.06. The van der Waals surface area contributed by atoms with Crippen LogP contribution >= 0.6 is 23.4 Å². The molecule has 1 rings (SSSR count). The molecule has 0 saturated carbocycles. The van der Waals surface area contributed by atoms with Crippen LogP contribution in [0.1, 0.15) is 17.3 Å². The van der Waals surface area contributed by atoms with Gasteiger partial charge in [0.2, 0.25) is 0 Å². The third-order valence-corrected chi connectivity index (χ3v) is 3.01. The number of ether oxygens (including phenoxy) is 1. The van der Waals surface area contributed by atoms with Crippen LogP contribution in [0.5, 0.6) is 5.75 Å². The Balaban J connectivity index is 2.60. The molecule has 1 aromatic rings. The minimum atomic E-state index is 0.431. The molecule has 0 bridgehead atoms. The summed E-state index contributed by atoms with van der Waals surface area (Å²) in [6.45, 7) is 2.70. The number of carbonyl (C=O) groups is 1. The standard InChI is InChI=1S/C11H13ClO2S/c1-2-15-7-6-14-11-5-3-4-10(12)9(11)8-13/h3-5,8H,2,6-7H2,1H3. The van der Waals surface area contributed by atoms with E-state index in [0.717, 1.165) is 17.8 Å². The van der Waals surface area contributed by atoms with Crippen molar-refractivity contribution in [1.82, 2.24) is 0 Å². The van der Waals surface area contributed by atoms with Gasteiger partial charge in [-0.25, -0.2) is 0 Å². The van der Waals surface area contributed by atoms with Gasteiger partial charge in [-0.2, -0.15) is 11.8 Å². The number of hydrogen-bond donors (Lipinski definition) is 0. The summed E-state index contributed by atoms with van der Waals surface area (Å²) in [5, 5.41) is 0.436. The van der Waals surface area contributed by atoms with E-state index in [9.17, 15) is 4.79 Å². The molecule has 82 valence electrons. The van der Waals surface area contributed by atoms with E-state index in [1.165, 1.54) is 0 Å². The normalized spacial score (nSPS) is 10.0. The van der Waals surface area contributed by atoms with Gasteiger partial charge in [0.25, 0.3) is 0 Å². The summed E-state index contributed by atoms with van der Waals surface area (Å²) >= 11 is 7.65. The van der Waals surface area contributed by atoms with E-state index in [1.54, 1.807) is 30.0 Å². The molecule has 2 nitrogen and oxygen atoms in total. The van der Waals surface area contributed by atoms with E-state index >= 15 is 0 Å². The fourth-order valence-corrected chi connectivity index (χ4v) is 1.81. The first kappa shape index (κ1) is 12.4. The summed E-state index contributed by atoms with van der Waals surface area (Å²) in [5.41, 5.74) is 0.431. The molecule has 1 aromatic carbocycles. The Bertz CT molecular complexity index is 328. The summed E-state index contributed by atoms with van der Waals surface area (Å²) in [7, 11) is 0. The second kappa shape index (κ2) is 6.75. The summed E-state index contributed by atoms with van der Waals surface area (Å²) < 4.78 is 5.47. The third-order valence-electron chi connectivity index (χ3n) is 1.82. The predicted molar refractivity (Wildman–Crippen MR) is 65.3 cm³/mol. The molecule has 0 fully saturated rings. The van der Waals surface area contributed by atoms with Crippen molar-refractivity contribution in [2.75, 3.05) is 18.1 Å². The first-order chi connectivity index (χ1) is 7.29. The average molecular weight is 245 g/mol. The fraction of sp³-hybridized carbons (Fsp3) is 0.364. The van der Waals surface area contributed by atoms with Gasteiger partial charge >= 0.3 is 0 Å². The van der Waals surface area contributed by atoms with E-state index < -0.39 is 0 Å².